The van der Waals surface area contributed by atoms with Gasteiger partial charge < -0.3 is 10.3 Å². The molecule has 5 rings (SSSR count). The number of nitrogens with zero attached hydrogens (tertiary/aromatic N) is 4. The van der Waals surface area contributed by atoms with Crippen LogP contribution in [0.4, 0.5) is 11.6 Å². The standard InChI is InChI=1S/C22H22ClN7O2S/c1-33(31,32)30-15-4-2-3-14(17(15)23)18-19(29-20(28-18)13-5-6-13)16-7-10-25-21(27-16)26-12-22(11-24)8-9-22/h2-4,7,10,13,30H,5-6,8-9,12H2,1H3,(H,28,29)(H,25,26,27). The molecule has 0 amide bonds. The van der Waals surface area contributed by atoms with Crippen molar-refractivity contribution in [3.05, 3.63) is 41.3 Å². The Bertz CT molecular complexity index is 1370. The monoisotopic (exact) mass is 483 g/mol. The second kappa shape index (κ2) is 8.01. The number of nitriles is 1. The number of benzene rings is 1. The quantitative estimate of drug-likeness (QED) is 0.437. The van der Waals surface area contributed by atoms with Crippen molar-refractivity contribution in [2.75, 3.05) is 22.8 Å². The summed E-state index contributed by atoms with van der Waals surface area (Å²) in [6.45, 7) is 0.501. The molecule has 0 aliphatic heterocycles. The minimum absolute atomic E-state index is 0.259. The molecule has 3 aromatic rings. The van der Waals surface area contributed by atoms with E-state index in [9.17, 15) is 13.7 Å². The molecule has 1 aromatic carbocycles. The number of halogens is 1. The second-order valence-corrected chi connectivity index (χ2v) is 10.8. The molecule has 0 saturated heterocycles. The van der Waals surface area contributed by atoms with Gasteiger partial charge in [-0.05, 0) is 37.8 Å². The van der Waals surface area contributed by atoms with Gasteiger partial charge in [0.05, 0.1) is 45.5 Å². The fourth-order valence-corrected chi connectivity index (χ4v) is 4.51. The number of sulfonamides is 1. The average molecular weight is 484 g/mol. The highest BCUT2D eigenvalue weighted by atomic mass is 35.5. The summed E-state index contributed by atoms with van der Waals surface area (Å²) in [6, 6.07) is 9.27. The van der Waals surface area contributed by atoms with Gasteiger partial charge in [-0.25, -0.2) is 23.4 Å². The van der Waals surface area contributed by atoms with E-state index in [4.69, 9.17) is 16.6 Å². The van der Waals surface area contributed by atoms with Gasteiger partial charge in [0.25, 0.3) is 0 Å². The number of aromatic nitrogens is 4. The number of aromatic amines is 1. The smallest absolute Gasteiger partial charge is 0.229 e. The van der Waals surface area contributed by atoms with Crippen molar-refractivity contribution in [3.63, 3.8) is 0 Å². The lowest BCUT2D eigenvalue weighted by Crippen LogP contribution is -2.15. The Kier molecular flexibility index (Phi) is 5.26. The van der Waals surface area contributed by atoms with Crippen LogP contribution in [0, 0.1) is 16.7 Å². The van der Waals surface area contributed by atoms with Crippen LogP contribution < -0.4 is 10.0 Å². The number of imidazole rings is 1. The molecule has 0 spiro atoms. The summed E-state index contributed by atoms with van der Waals surface area (Å²) < 4.78 is 26.0. The number of H-pyrrole nitrogens is 1. The van der Waals surface area contributed by atoms with Crippen molar-refractivity contribution in [1.82, 2.24) is 19.9 Å². The molecular weight excluding hydrogens is 462 g/mol. The fourth-order valence-electron chi connectivity index (χ4n) is 3.63. The lowest BCUT2D eigenvalue weighted by Gasteiger charge is -2.11. The van der Waals surface area contributed by atoms with Crippen LogP contribution in [0.25, 0.3) is 22.6 Å². The molecule has 170 valence electrons. The first-order chi connectivity index (χ1) is 15.8. The van der Waals surface area contributed by atoms with Crippen LogP contribution in [-0.4, -0.2) is 41.2 Å². The Balaban J connectivity index is 1.53. The molecule has 2 aliphatic rings. The van der Waals surface area contributed by atoms with Crippen LogP contribution in [-0.2, 0) is 10.0 Å². The highest BCUT2D eigenvalue weighted by Gasteiger charge is 2.43. The molecule has 33 heavy (non-hydrogen) atoms. The Morgan fingerprint density at radius 2 is 2.06 bits per heavy atom. The number of hydrogen-bond donors (Lipinski definition) is 3. The van der Waals surface area contributed by atoms with Gasteiger partial charge in [0, 0.05) is 24.2 Å². The van der Waals surface area contributed by atoms with E-state index in [1.165, 1.54) is 0 Å². The highest BCUT2D eigenvalue weighted by Crippen LogP contribution is 2.45. The molecule has 0 atom stereocenters. The Morgan fingerprint density at radius 1 is 1.27 bits per heavy atom. The van der Waals surface area contributed by atoms with E-state index < -0.39 is 10.0 Å². The van der Waals surface area contributed by atoms with Gasteiger partial charge in [-0.3, -0.25) is 4.72 Å². The molecule has 2 saturated carbocycles. The van der Waals surface area contributed by atoms with Gasteiger partial charge >= 0.3 is 0 Å². The molecule has 2 aromatic heterocycles. The maximum absolute atomic E-state index is 11.8. The molecule has 0 bridgehead atoms. The zero-order chi connectivity index (χ0) is 23.2. The molecule has 9 nitrogen and oxygen atoms in total. The first kappa shape index (κ1) is 21.7. The van der Waals surface area contributed by atoms with E-state index >= 15 is 0 Å². The lowest BCUT2D eigenvalue weighted by molar-refractivity contribution is 0.607. The van der Waals surface area contributed by atoms with Crippen molar-refractivity contribution in [2.45, 2.75) is 31.6 Å². The lowest BCUT2D eigenvalue weighted by atomic mass is 10.1. The Labute approximate surface area is 196 Å². The third-order valence-corrected chi connectivity index (χ3v) is 6.82. The molecule has 2 fully saturated rings. The predicted octanol–water partition coefficient (Wildman–Crippen LogP) is 4.15. The first-order valence-corrected chi connectivity index (χ1v) is 12.9. The van der Waals surface area contributed by atoms with Crippen LogP contribution in [0.15, 0.2) is 30.5 Å². The van der Waals surface area contributed by atoms with Crippen molar-refractivity contribution in [3.8, 4) is 28.7 Å². The van der Waals surface area contributed by atoms with Gasteiger partial charge in [0.15, 0.2) is 0 Å². The van der Waals surface area contributed by atoms with Gasteiger partial charge in [0.2, 0.25) is 16.0 Å². The topological polar surface area (TPSA) is 136 Å². The Morgan fingerprint density at radius 3 is 2.73 bits per heavy atom. The third-order valence-electron chi connectivity index (χ3n) is 5.82. The summed E-state index contributed by atoms with van der Waals surface area (Å²) in [4.78, 5) is 17.1. The number of rotatable bonds is 8. The fraction of sp³-hybridized carbons (Fsp3) is 0.364. The van der Waals surface area contributed by atoms with Crippen molar-refractivity contribution >= 4 is 33.3 Å². The van der Waals surface area contributed by atoms with E-state index in [0.29, 0.717) is 41.1 Å². The summed E-state index contributed by atoms with van der Waals surface area (Å²) in [5, 5.41) is 12.7. The highest BCUT2D eigenvalue weighted by molar-refractivity contribution is 7.92. The second-order valence-electron chi connectivity index (χ2n) is 8.67. The predicted molar refractivity (Wildman–Crippen MR) is 126 cm³/mol. The molecule has 3 N–H and O–H groups in total. The summed E-state index contributed by atoms with van der Waals surface area (Å²) in [5.74, 6) is 1.65. The van der Waals surface area contributed by atoms with Crippen LogP contribution in [0.2, 0.25) is 5.02 Å². The number of anilines is 2. The van der Waals surface area contributed by atoms with Gasteiger partial charge in [-0.1, -0.05) is 23.7 Å². The van der Waals surface area contributed by atoms with E-state index in [0.717, 1.165) is 37.8 Å². The SMILES string of the molecule is CS(=O)(=O)Nc1cccc(-c2nc(C3CC3)[nH]c2-c2ccnc(NCC3(C#N)CC3)n2)c1Cl. The van der Waals surface area contributed by atoms with Crippen LogP contribution in [0.3, 0.4) is 0 Å². The van der Waals surface area contributed by atoms with Gasteiger partial charge in [0.1, 0.15) is 5.82 Å². The molecule has 11 heteroatoms. The average Bonchev–Trinajstić information content (AvgIpc) is 3.71. The molecule has 0 radical (unpaired) electrons. The zero-order valence-corrected chi connectivity index (χ0v) is 19.5. The van der Waals surface area contributed by atoms with E-state index in [1.807, 2.05) is 0 Å². The molecule has 2 aliphatic carbocycles. The third kappa shape index (κ3) is 4.65. The van der Waals surface area contributed by atoms with Crippen molar-refractivity contribution < 1.29 is 8.42 Å². The first-order valence-electron chi connectivity index (χ1n) is 10.6. The molecule has 0 unspecified atom stereocenters. The Hall–Kier alpha value is -3.16. The molecular formula is C22H22ClN7O2S. The van der Waals surface area contributed by atoms with Crippen LogP contribution in [0.5, 0.6) is 0 Å². The normalized spacial score (nSPS) is 16.8. The van der Waals surface area contributed by atoms with Crippen LogP contribution in [0.1, 0.15) is 37.4 Å². The van der Waals surface area contributed by atoms with Crippen molar-refractivity contribution in [2.24, 2.45) is 5.41 Å². The number of nitrogens with one attached hydrogen (secondary N) is 3. The minimum atomic E-state index is -3.49. The largest absolute Gasteiger partial charge is 0.353 e. The van der Waals surface area contributed by atoms with Crippen LogP contribution >= 0.6 is 11.6 Å². The van der Waals surface area contributed by atoms with E-state index in [2.05, 4.69) is 31.1 Å². The number of hydrogen-bond acceptors (Lipinski definition) is 7. The summed E-state index contributed by atoms with van der Waals surface area (Å²) in [7, 11) is -3.49. The maximum Gasteiger partial charge on any atom is 0.229 e. The zero-order valence-electron chi connectivity index (χ0n) is 17.9. The summed E-state index contributed by atoms with van der Waals surface area (Å²) in [6.07, 6.45) is 6.60. The van der Waals surface area contributed by atoms with E-state index in [-0.39, 0.29) is 16.1 Å². The summed E-state index contributed by atoms with van der Waals surface area (Å²) in [5.41, 5.74) is 2.47. The maximum atomic E-state index is 11.8. The van der Waals surface area contributed by atoms with Crippen molar-refractivity contribution in [1.29, 1.82) is 5.26 Å². The van der Waals surface area contributed by atoms with E-state index in [1.54, 1.807) is 30.5 Å². The van der Waals surface area contributed by atoms with Gasteiger partial charge in [-0.2, -0.15) is 5.26 Å². The molecule has 2 heterocycles. The summed E-state index contributed by atoms with van der Waals surface area (Å²) >= 11 is 6.61. The minimum Gasteiger partial charge on any atom is -0.353 e. The van der Waals surface area contributed by atoms with Gasteiger partial charge in [-0.15, -0.1) is 0 Å².